The Hall–Kier alpha value is -2.26. The van der Waals surface area contributed by atoms with Gasteiger partial charge in [-0.15, -0.1) is 23.5 Å². The molecule has 6 rings (SSSR count). The van der Waals surface area contributed by atoms with Gasteiger partial charge in [-0.05, 0) is 0 Å². The Morgan fingerprint density at radius 3 is 1.83 bits per heavy atom. The van der Waals surface area contributed by atoms with Gasteiger partial charge in [0.1, 0.15) is 110 Å². The average molecular weight is 1210 g/mol. The molecule has 78 heavy (non-hydrogen) atoms. The van der Waals surface area contributed by atoms with E-state index >= 15 is 0 Å². The second kappa shape index (κ2) is 27.9. The molecule has 5 aliphatic heterocycles. The molecule has 0 radical (unpaired) electrons. The Kier molecular flexibility index (Phi) is 23.2. The molecule has 26 atom stereocenters. The summed E-state index contributed by atoms with van der Waals surface area (Å²) >= 11 is 1.84. The predicted octanol–water partition coefficient (Wildman–Crippen LogP) is -10.7. The molecular weight excluding hydrogens is 1150 g/mol. The minimum Gasteiger partial charge on any atom is -0.394 e. The summed E-state index contributed by atoms with van der Waals surface area (Å²) in [6, 6.07) is -2.65. The third kappa shape index (κ3) is 15.9. The van der Waals surface area contributed by atoms with Gasteiger partial charge in [-0.1, -0.05) is 0 Å². The molecule has 5 aliphatic rings. The van der Waals surface area contributed by atoms with E-state index in [1.165, 1.54) is 0 Å². The van der Waals surface area contributed by atoms with Crippen LogP contribution >= 0.6 is 39.2 Å². The number of carbonyl (C=O) groups is 2. The summed E-state index contributed by atoms with van der Waals surface area (Å²) in [4.78, 5) is 71.5. The fraction of sp³-hybridized carbons (Fsp3) is 0.842. The Bertz CT molecular complexity index is 2370. The number of phosphoric acid groups is 2. The van der Waals surface area contributed by atoms with E-state index in [2.05, 4.69) is 19.5 Å². The summed E-state index contributed by atoms with van der Waals surface area (Å²) in [5, 5.41) is 151. The van der Waals surface area contributed by atoms with Gasteiger partial charge >= 0.3 is 21.3 Å². The SMILES string of the molecule is CC(=O)N[C@H]1[C@H](O[C@@H]2[C@@H](OC[C@H]3O[C@@H](O)[C@@H](O)[C@@H](O)[C@@H]3O)O[C@H](CSCSCC(=O)N[C@H]3[C@@H](OP(=O)(O)OP(=O)(O)OC[C@H]4O[C@@H](n5ccc(=O)[nH]c5=O)[C@H](O)[C@@H]4O)O[C@H](CO)[C@@H](O)[C@@H]3O)[C@@H](O)[C@@H]2O)O[C@H](CO)[C@@H](O)[C@@H]1O. The molecule has 0 spiro atoms. The largest absolute Gasteiger partial charge is 0.483 e. The van der Waals surface area contributed by atoms with E-state index in [-0.39, 0.29) is 10.8 Å². The molecule has 0 aromatic carbocycles. The van der Waals surface area contributed by atoms with E-state index in [9.17, 15) is 110 Å². The molecule has 2 amide bonds. The monoisotopic (exact) mass is 1210 g/mol. The van der Waals surface area contributed by atoms with Gasteiger partial charge in [0, 0.05) is 30.0 Å². The number of nitrogens with zero attached hydrogens (tertiary/aromatic N) is 1. The number of H-pyrrole nitrogens is 1. The van der Waals surface area contributed by atoms with Gasteiger partial charge in [-0.25, -0.2) is 13.9 Å². The fourth-order valence-corrected chi connectivity index (χ4v) is 12.6. The number of amides is 2. The normalized spacial score (nSPS) is 41.9. The Labute approximate surface area is 446 Å². The number of phosphoric ester groups is 2. The number of nitrogens with one attached hydrogen (secondary N) is 3. The van der Waals surface area contributed by atoms with Crippen LogP contribution in [0.25, 0.3) is 0 Å². The zero-order chi connectivity index (χ0) is 57.7. The molecular formula is C38H62N4O32P2S2. The predicted molar refractivity (Wildman–Crippen MR) is 250 cm³/mol. The first kappa shape index (κ1) is 64.9. The summed E-state index contributed by atoms with van der Waals surface area (Å²) in [6.45, 7) is -2.76. The van der Waals surface area contributed by atoms with E-state index in [4.69, 9.17) is 37.7 Å². The molecule has 40 heteroatoms. The fourth-order valence-electron chi connectivity index (χ4n) is 8.43. The standard InChI is InChI=1S/C38H62N4O32P2S2/c1-11(45)39-19-26(53)21(48)12(4-43)69-35(19)72-32-29(56)25(52)16(71-37(32)65-6-14-23(50)28(55)31(58)34(59)68-14)8-77-10-78-9-18(47)40-20-27(54)22(49)13(5-44)70-36(20)73-76(63,64)74-75(61,62)66-7-15-24(51)30(57)33(67-15)42-3-2-17(46)41-38(42)60/h2-3,12-16,19-37,43-44,48-59H,4-10H2,1H3,(H,39,45)(H,40,47)(H,61,62)(H,63,64)(H,41,46,60)/t12-,13-,14-,15-,16-,19-,20-,21-,22-,23-,24-,25-,26-,27-,28+,29+,30-,31+,32+,33-,34-,35+,36-,37+/m1/s1. The van der Waals surface area contributed by atoms with Gasteiger partial charge < -0.3 is 125 Å². The van der Waals surface area contributed by atoms with Crippen molar-refractivity contribution in [3.05, 3.63) is 33.1 Å². The van der Waals surface area contributed by atoms with Crippen LogP contribution in [0.5, 0.6) is 0 Å². The second-order valence-electron chi connectivity index (χ2n) is 18.0. The van der Waals surface area contributed by atoms with E-state index in [0.717, 1.165) is 42.7 Å². The van der Waals surface area contributed by atoms with Crippen LogP contribution in [0.1, 0.15) is 13.2 Å². The van der Waals surface area contributed by atoms with Gasteiger partial charge in [0.2, 0.25) is 11.8 Å². The molecule has 2 unspecified atom stereocenters. The van der Waals surface area contributed by atoms with Crippen molar-refractivity contribution in [2.24, 2.45) is 0 Å². The van der Waals surface area contributed by atoms with Gasteiger partial charge in [0.05, 0.1) is 38.3 Å². The van der Waals surface area contributed by atoms with Crippen molar-refractivity contribution in [1.82, 2.24) is 20.2 Å². The van der Waals surface area contributed by atoms with Crippen LogP contribution in [0.4, 0.5) is 0 Å². The van der Waals surface area contributed by atoms with Crippen LogP contribution in [-0.4, -0.2) is 287 Å². The summed E-state index contributed by atoms with van der Waals surface area (Å²) in [5.74, 6) is -2.43. The Balaban J connectivity index is 1.04. The Morgan fingerprint density at radius 2 is 1.22 bits per heavy atom. The average Bonchev–Trinajstić information content (AvgIpc) is 3.67. The molecule has 0 bridgehead atoms. The minimum atomic E-state index is -5.91. The van der Waals surface area contributed by atoms with Crippen molar-refractivity contribution in [1.29, 1.82) is 0 Å². The smallest absolute Gasteiger partial charge is 0.394 e. The molecule has 5 fully saturated rings. The molecule has 448 valence electrons. The van der Waals surface area contributed by atoms with E-state index < -0.39 is 218 Å². The molecule has 0 aliphatic carbocycles. The summed E-state index contributed by atoms with van der Waals surface area (Å²) < 4.78 is 79.3. The maximum Gasteiger partial charge on any atom is 0.483 e. The first-order valence-electron chi connectivity index (χ1n) is 23.2. The second-order valence-corrected chi connectivity index (χ2v) is 23.4. The van der Waals surface area contributed by atoms with Gasteiger partial charge in [-0.2, -0.15) is 4.31 Å². The molecule has 1 aromatic heterocycles. The summed E-state index contributed by atoms with van der Waals surface area (Å²) in [7, 11) is -11.6. The van der Waals surface area contributed by atoms with Crippen molar-refractivity contribution >= 4 is 51.0 Å². The number of thioether (sulfide) groups is 2. The van der Waals surface area contributed by atoms with Crippen LogP contribution in [0.2, 0.25) is 0 Å². The topological polar surface area (TPSA) is 563 Å². The third-order valence-electron chi connectivity index (χ3n) is 12.5. The van der Waals surface area contributed by atoms with Crippen LogP contribution in [0.3, 0.4) is 0 Å². The van der Waals surface area contributed by atoms with Crippen molar-refractivity contribution in [3.8, 4) is 0 Å². The lowest BCUT2D eigenvalue weighted by Gasteiger charge is -2.47. The maximum absolute atomic E-state index is 13.2. The number of aliphatic hydroxyl groups excluding tert-OH is 14. The third-order valence-corrected chi connectivity index (χ3v) is 17.5. The zero-order valence-electron chi connectivity index (χ0n) is 40.3. The summed E-state index contributed by atoms with van der Waals surface area (Å²) in [6.07, 6.45) is -39.3. The molecule has 1 aromatic rings. The van der Waals surface area contributed by atoms with Crippen LogP contribution in [-0.2, 0) is 65.2 Å². The van der Waals surface area contributed by atoms with Crippen LogP contribution in [0.15, 0.2) is 21.9 Å². The van der Waals surface area contributed by atoms with Crippen molar-refractivity contribution < 1.29 is 147 Å². The lowest BCUT2D eigenvalue weighted by molar-refractivity contribution is -0.358. The van der Waals surface area contributed by atoms with E-state index in [1.54, 1.807) is 0 Å². The van der Waals surface area contributed by atoms with Gasteiger partial charge in [0.25, 0.3) is 5.56 Å². The number of hydrogen-bond donors (Lipinski definition) is 19. The zero-order valence-corrected chi connectivity index (χ0v) is 43.7. The summed E-state index contributed by atoms with van der Waals surface area (Å²) in [5.41, 5.74) is -1.87. The number of aliphatic hydroxyl groups is 14. The number of aromatic nitrogens is 2. The van der Waals surface area contributed by atoms with Crippen molar-refractivity contribution in [2.45, 2.75) is 154 Å². The van der Waals surface area contributed by atoms with Crippen LogP contribution in [0, 0.1) is 0 Å². The van der Waals surface area contributed by atoms with E-state index in [1.807, 2.05) is 4.98 Å². The quantitative estimate of drug-likeness (QED) is 0.0275. The molecule has 0 saturated carbocycles. The van der Waals surface area contributed by atoms with E-state index in [0.29, 0.717) is 4.57 Å². The highest BCUT2D eigenvalue weighted by atomic mass is 32.2. The number of hydrogen-bond acceptors (Lipinski definition) is 32. The molecule has 19 N–H and O–H groups in total. The highest BCUT2D eigenvalue weighted by Crippen LogP contribution is 2.61. The minimum absolute atomic E-state index is 0.0304. The Morgan fingerprint density at radius 1 is 0.654 bits per heavy atom. The number of ether oxygens (including phenoxy) is 7. The molecule has 5 saturated heterocycles. The lowest BCUT2D eigenvalue weighted by Crippen LogP contribution is -2.67. The number of aromatic amines is 1. The highest BCUT2D eigenvalue weighted by Gasteiger charge is 2.54. The maximum atomic E-state index is 13.2. The number of rotatable bonds is 23. The van der Waals surface area contributed by atoms with Crippen molar-refractivity contribution in [2.75, 3.05) is 43.0 Å². The number of carbonyl (C=O) groups excluding carboxylic acids is 2. The first-order chi connectivity index (χ1) is 36.6. The van der Waals surface area contributed by atoms with Crippen molar-refractivity contribution in [3.63, 3.8) is 0 Å². The van der Waals surface area contributed by atoms with Gasteiger partial charge in [-0.3, -0.25) is 33.0 Å². The lowest BCUT2D eigenvalue weighted by atomic mass is 9.96. The van der Waals surface area contributed by atoms with Gasteiger partial charge in [0.15, 0.2) is 31.4 Å². The first-order valence-corrected chi connectivity index (χ1v) is 28.5. The molecule has 6 heterocycles. The highest BCUT2D eigenvalue weighted by molar-refractivity contribution is 8.16. The molecule has 36 nitrogen and oxygen atoms in total. The van der Waals surface area contributed by atoms with Crippen LogP contribution < -0.4 is 21.9 Å².